The molecule has 3 heterocycles. The van der Waals surface area contributed by atoms with E-state index in [1.165, 1.54) is 11.1 Å². The maximum absolute atomic E-state index is 4.86. The third-order valence-corrected chi connectivity index (χ3v) is 6.21. The fraction of sp³-hybridized carbons (Fsp3) is 0.480. The van der Waals surface area contributed by atoms with Crippen LogP contribution >= 0.6 is 0 Å². The molecule has 1 N–H and O–H groups in total. The number of hydrogen-bond donors (Lipinski definition) is 1. The average Bonchev–Trinajstić information content (AvgIpc) is 3.57. The smallest absolute Gasteiger partial charge is 0.196 e. The average molecular weight is 447 g/mol. The SMILES string of the molecule is CCCCc1nc(C(C)CC)n(Cc2ccc(-n3ccc(C(C)C)c3-c3nnn[nH]3)cc2)n1. The van der Waals surface area contributed by atoms with Gasteiger partial charge in [-0.3, -0.25) is 0 Å². The zero-order valence-corrected chi connectivity index (χ0v) is 20.3. The lowest BCUT2D eigenvalue weighted by Gasteiger charge is -2.13. The summed E-state index contributed by atoms with van der Waals surface area (Å²) in [5.41, 5.74) is 4.48. The van der Waals surface area contributed by atoms with E-state index in [4.69, 9.17) is 10.1 Å². The molecule has 4 aromatic rings. The molecule has 33 heavy (non-hydrogen) atoms. The van der Waals surface area contributed by atoms with Gasteiger partial charge in [0, 0.05) is 24.2 Å². The molecule has 0 amide bonds. The zero-order chi connectivity index (χ0) is 23.4. The summed E-state index contributed by atoms with van der Waals surface area (Å²) < 4.78 is 4.23. The Morgan fingerprint density at radius 1 is 1.03 bits per heavy atom. The van der Waals surface area contributed by atoms with Crippen molar-refractivity contribution in [2.24, 2.45) is 0 Å². The van der Waals surface area contributed by atoms with Gasteiger partial charge in [0.15, 0.2) is 11.6 Å². The molecule has 1 aromatic carbocycles. The van der Waals surface area contributed by atoms with E-state index in [2.05, 4.69) is 101 Å². The highest BCUT2D eigenvalue weighted by atomic mass is 15.5. The van der Waals surface area contributed by atoms with E-state index in [1.807, 2.05) is 0 Å². The molecule has 0 saturated carbocycles. The van der Waals surface area contributed by atoms with Gasteiger partial charge in [0.25, 0.3) is 0 Å². The fourth-order valence-corrected chi connectivity index (χ4v) is 4.08. The first-order valence-corrected chi connectivity index (χ1v) is 12.0. The number of H-pyrrole nitrogens is 1. The van der Waals surface area contributed by atoms with Crippen molar-refractivity contribution in [1.82, 2.24) is 40.0 Å². The molecule has 4 rings (SSSR count). The summed E-state index contributed by atoms with van der Waals surface area (Å²) in [5, 5.41) is 19.5. The van der Waals surface area contributed by atoms with Crippen LogP contribution < -0.4 is 0 Å². The number of unbranched alkanes of at least 4 members (excludes halogenated alkanes) is 1. The first kappa shape index (κ1) is 22.9. The summed E-state index contributed by atoms with van der Waals surface area (Å²) in [6.07, 6.45) is 6.35. The molecule has 0 radical (unpaired) electrons. The van der Waals surface area contributed by atoms with Gasteiger partial charge in [0.05, 0.1) is 12.2 Å². The molecule has 0 saturated heterocycles. The minimum absolute atomic E-state index is 0.360. The van der Waals surface area contributed by atoms with E-state index in [1.54, 1.807) is 0 Å². The summed E-state index contributed by atoms with van der Waals surface area (Å²) >= 11 is 0. The van der Waals surface area contributed by atoms with Crippen LogP contribution in [0.25, 0.3) is 17.2 Å². The number of aromatic nitrogens is 8. The Kier molecular flexibility index (Phi) is 7.01. The summed E-state index contributed by atoms with van der Waals surface area (Å²) in [7, 11) is 0. The summed E-state index contributed by atoms with van der Waals surface area (Å²) in [6, 6.07) is 10.8. The largest absolute Gasteiger partial charge is 0.314 e. The van der Waals surface area contributed by atoms with E-state index in [0.717, 1.165) is 55.3 Å². The normalized spacial score (nSPS) is 12.5. The first-order valence-electron chi connectivity index (χ1n) is 12.0. The lowest BCUT2D eigenvalue weighted by atomic mass is 10.0. The van der Waals surface area contributed by atoms with Gasteiger partial charge >= 0.3 is 0 Å². The Balaban J connectivity index is 1.61. The summed E-state index contributed by atoms with van der Waals surface area (Å²) in [6.45, 7) is 11.7. The van der Waals surface area contributed by atoms with Crippen LogP contribution in [0.5, 0.6) is 0 Å². The molecule has 0 spiro atoms. The maximum atomic E-state index is 4.86. The lowest BCUT2D eigenvalue weighted by Crippen LogP contribution is -2.09. The van der Waals surface area contributed by atoms with Gasteiger partial charge in [-0.2, -0.15) is 5.10 Å². The number of benzene rings is 1. The van der Waals surface area contributed by atoms with E-state index < -0.39 is 0 Å². The second-order valence-electron chi connectivity index (χ2n) is 9.02. The molecule has 0 bridgehead atoms. The monoisotopic (exact) mass is 446 g/mol. The van der Waals surface area contributed by atoms with Crippen molar-refractivity contribution in [3.8, 4) is 17.2 Å². The third kappa shape index (κ3) is 4.89. The van der Waals surface area contributed by atoms with Crippen LogP contribution in [0.1, 0.15) is 88.5 Å². The van der Waals surface area contributed by atoms with Gasteiger partial charge in [0.2, 0.25) is 0 Å². The Morgan fingerprint density at radius 3 is 2.45 bits per heavy atom. The number of aromatic amines is 1. The van der Waals surface area contributed by atoms with Crippen molar-refractivity contribution in [3.05, 3.63) is 59.3 Å². The van der Waals surface area contributed by atoms with Crippen molar-refractivity contribution < 1.29 is 0 Å². The van der Waals surface area contributed by atoms with Gasteiger partial charge < -0.3 is 4.57 Å². The summed E-state index contributed by atoms with van der Waals surface area (Å²) in [5.74, 6) is 3.47. The van der Waals surface area contributed by atoms with Gasteiger partial charge in [0.1, 0.15) is 5.82 Å². The van der Waals surface area contributed by atoms with Gasteiger partial charge in [-0.15, -0.1) is 5.10 Å². The fourth-order valence-electron chi connectivity index (χ4n) is 4.08. The molecule has 174 valence electrons. The molecule has 0 aliphatic heterocycles. The van der Waals surface area contributed by atoms with Crippen molar-refractivity contribution >= 4 is 0 Å². The number of tetrazole rings is 1. The van der Waals surface area contributed by atoms with Crippen molar-refractivity contribution in [3.63, 3.8) is 0 Å². The lowest BCUT2D eigenvalue weighted by molar-refractivity contribution is 0.574. The minimum atomic E-state index is 0.360. The van der Waals surface area contributed by atoms with Crippen LogP contribution in [0.4, 0.5) is 0 Å². The quantitative estimate of drug-likeness (QED) is 0.358. The van der Waals surface area contributed by atoms with Crippen molar-refractivity contribution in [1.29, 1.82) is 0 Å². The Morgan fingerprint density at radius 2 is 1.82 bits per heavy atom. The molecule has 8 heteroatoms. The number of nitrogens with zero attached hydrogens (tertiary/aromatic N) is 7. The standard InChI is InChI=1S/C25H34N8/c1-6-8-9-22-26-25(18(5)7-2)33(29-22)16-19-10-12-20(13-11-19)32-15-14-21(17(3)4)23(32)24-27-30-31-28-24/h10-15,17-18H,6-9,16H2,1-5H3,(H,27,28,30,31). The van der Waals surface area contributed by atoms with Gasteiger partial charge in [-0.1, -0.05) is 53.2 Å². The number of rotatable bonds is 10. The number of hydrogen-bond acceptors (Lipinski definition) is 5. The van der Waals surface area contributed by atoms with Crippen LogP contribution in [0.3, 0.4) is 0 Å². The van der Waals surface area contributed by atoms with E-state index in [-0.39, 0.29) is 0 Å². The highest BCUT2D eigenvalue weighted by Crippen LogP contribution is 2.30. The van der Waals surface area contributed by atoms with Gasteiger partial charge in [-0.25, -0.2) is 14.8 Å². The van der Waals surface area contributed by atoms with Gasteiger partial charge in [-0.05, 0) is 58.5 Å². The molecule has 0 fully saturated rings. The van der Waals surface area contributed by atoms with Crippen molar-refractivity contribution in [2.75, 3.05) is 0 Å². The Hall–Kier alpha value is -3.29. The number of nitrogens with one attached hydrogen (secondary N) is 1. The predicted octanol–water partition coefficient (Wildman–Crippen LogP) is 5.28. The van der Waals surface area contributed by atoms with E-state index in [0.29, 0.717) is 17.7 Å². The Bertz CT molecular complexity index is 1150. The van der Waals surface area contributed by atoms with E-state index >= 15 is 0 Å². The minimum Gasteiger partial charge on any atom is -0.314 e. The molecular weight excluding hydrogens is 412 g/mol. The number of aryl methyl sites for hydroxylation is 1. The highest BCUT2D eigenvalue weighted by molar-refractivity contribution is 5.61. The molecule has 1 atom stereocenters. The topological polar surface area (TPSA) is 90.1 Å². The van der Waals surface area contributed by atoms with Crippen molar-refractivity contribution in [2.45, 2.75) is 78.7 Å². The first-order chi connectivity index (χ1) is 16.0. The van der Waals surface area contributed by atoms with Crippen LogP contribution in [0.15, 0.2) is 36.5 Å². The highest BCUT2D eigenvalue weighted by Gasteiger charge is 2.19. The maximum Gasteiger partial charge on any atom is 0.196 e. The predicted molar refractivity (Wildman–Crippen MR) is 129 cm³/mol. The summed E-state index contributed by atoms with van der Waals surface area (Å²) in [4.78, 5) is 4.86. The molecule has 8 nitrogen and oxygen atoms in total. The zero-order valence-electron chi connectivity index (χ0n) is 20.3. The molecule has 1 unspecified atom stereocenters. The molecule has 0 aliphatic carbocycles. The molecule has 0 aliphatic rings. The third-order valence-electron chi connectivity index (χ3n) is 6.21. The molecular formula is C25H34N8. The van der Waals surface area contributed by atoms with Crippen LogP contribution in [-0.2, 0) is 13.0 Å². The van der Waals surface area contributed by atoms with E-state index in [9.17, 15) is 0 Å². The molecule has 3 aromatic heterocycles. The van der Waals surface area contributed by atoms with Crippen LogP contribution in [0, 0.1) is 0 Å². The second-order valence-corrected chi connectivity index (χ2v) is 9.02. The Labute approximate surface area is 195 Å². The second kappa shape index (κ2) is 10.1. The van der Waals surface area contributed by atoms with Crippen LogP contribution in [-0.4, -0.2) is 40.0 Å². The van der Waals surface area contributed by atoms with Crippen LogP contribution in [0.2, 0.25) is 0 Å².